The first-order valence-electron chi connectivity index (χ1n) is 3.99. The summed E-state index contributed by atoms with van der Waals surface area (Å²) in [4.78, 5) is 13.2. The fraction of sp³-hybridized carbons (Fsp3) is 0.875. The van der Waals surface area contributed by atoms with Crippen LogP contribution in [-0.4, -0.2) is 36.4 Å². The van der Waals surface area contributed by atoms with E-state index in [0.29, 0.717) is 12.8 Å². The van der Waals surface area contributed by atoms with E-state index in [1.165, 1.54) is 6.92 Å². The summed E-state index contributed by atoms with van der Waals surface area (Å²) in [6.07, 6.45) is 1.39. The molecular formula is C8H15N2OW-. The van der Waals surface area contributed by atoms with E-state index in [9.17, 15) is 4.79 Å². The van der Waals surface area contributed by atoms with Crippen LogP contribution in [0.3, 0.4) is 0 Å². The molecule has 12 heavy (non-hydrogen) atoms. The smallest absolute Gasteiger partial charge is 0.115 e. The molecule has 0 aromatic carbocycles. The largest absolute Gasteiger partial charge is 0.666 e. The molecule has 0 saturated carbocycles. The van der Waals surface area contributed by atoms with Gasteiger partial charge in [-0.2, -0.15) is 0 Å². The fourth-order valence-corrected chi connectivity index (χ4v) is 1.35. The Morgan fingerprint density at radius 2 is 1.83 bits per heavy atom. The van der Waals surface area contributed by atoms with E-state index in [-0.39, 0.29) is 26.8 Å². The van der Waals surface area contributed by atoms with E-state index in [0.717, 1.165) is 13.1 Å². The zero-order valence-corrected chi connectivity index (χ0v) is 10.5. The quantitative estimate of drug-likeness (QED) is 0.718. The van der Waals surface area contributed by atoms with Crippen molar-refractivity contribution in [2.24, 2.45) is 0 Å². The Morgan fingerprint density at radius 3 is 2.17 bits per heavy atom. The minimum Gasteiger partial charge on any atom is -0.666 e. The van der Waals surface area contributed by atoms with Crippen molar-refractivity contribution in [3.63, 3.8) is 0 Å². The molecule has 0 radical (unpaired) electrons. The van der Waals surface area contributed by atoms with Crippen LogP contribution in [0.15, 0.2) is 0 Å². The summed E-state index contributed by atoms with van der Waals surface area (Å²) in [6.45, 7) is 3.28. The summed E-state index contributed by atoms with van der Waals surface area (Å²) in [5.41, 5.74) is 7.02. The summed E-state index contributed by atoms with van der Waals surface area (Å²) in [6, 6.07) is 0. The number of nitrogens with one attached hydrogen (secondary N) is 1. The number of piperidine rings is 1. The molecule has 0 aromatic heterocycles. The van der Waals surface area contributed by atoms with E-state index in [1.54, 1.807) is 0 Å². The Hall–Kier alpha value is 0.278. The monoisotopic (exact) mass is 339 g/mol. The molecule has 1 saturated heterocycles. The van der Waals surface area contributed by atoms with Gasteiger partial charge in [0.15, 0.2) is 0 Å². The van der Waals surface area contributed by atoms with Gasteiger partial charge in [-0.1, -0.05) is 5.54 Å². The number of nitrogens with zero attached hydrogens (tertiary/aromatic N) is 1. The van der Waals surface area contributed by atoms with Crippen molar-refractivity contribution < 1.29 is 25.9 Å². The molecule has 0 aliphatic carbocycles. The SMILES string of the molecule is CC(=O)C1([NH-])CCN(C)CC1.[W]. The predicted octanol–water partition coefficient (Wildman–Crippen LogP) is 1.09. The molecule has 1 N–H and O–H groups in total. The molecule has 0 unspecified atom stereocenters. The van der Waals surface area contributed by atoms with E-state index in [1.807, 2.05) is 7.05 Å². The van der Waals surface area contributed by atoms with Gasteiger partial charge in [-0.15, -0.1) is 0 Å². The van der Waals surface area contributed by atoms with Crippen LogP contribution in [-0.2, 0) is 25.9 Å². The second kappa shape index (κ2) is 4.50. The van der Waals surface area contributed by atoms with Crippen LogP contribution in [0.5, 0.6) is 0 Å². The van der Waals surface area contributed by atoms with Gasteiger partial charge in [-0.05, 0) is 39.9 Å². The first-order chi connectivity index (χ1) is 5.04. The molecule has 1 aliphatic rings. The molecule has 1 rings (SSSR count). The topological polar surface area (TPSA) is 44.1 Å². The number of Topliss-reactive ketones (excluding diaryl/α,β-unsaturated/α-hetero) is 1. The third-order valence-corrected chi connectivity index (χ3v) is 2.51. The summed E-state index contributed by atoms with van der Waals surface area (Å²) < 4.78 is 0. The van der Waals surface area contributed by atoms with Gasteiger partial charge >= 0.3 is 0 Å². The van der Waals surface area contributed by atoms with E-state index in [4.69, 9.17) is 5.73 Å². The van der Waals surface area contributed by atoms with Crippen LogP contribution >= 0.6 is 0 Å². The third-order valence-electron chi connectivity index (χ3n) is 2.51. The van der Waals surface area contributed by atoms with Crippen LogP contribution in [0.25, 0.3) is 5.73 Å². The number of carbonyl (C=O) groups excluding carboxylic acids is 1. The summed E-state index contributed by atoms with van der Waals surface area (Å²) >= 11 is 0. The Morgan fingerprint density at radius 1 is 1.42 bits per heavy atom. The second-order valence-corrected chi connectivity index (χ2v) is 3.44. The van der Waals surface area contributed by atoms with Gasteiger partial charge in [0.25, 0.3) is 0 Å². The van der Waals surface area contributed by atoms with Crippen LogP contribution in [0.1, 0.15) is 19.8 Å². The normalized spacial score (nSPS) is 22.9. The fourth-order valence-electron chi connectivity index (χ4n) is 1.35. The molecule has 1 aliphatic heterocycles. The number of carbonyl (C=O) groups is 1. The van der Waals surface area contributed by atoms with Crippen molar-refractivity contribution in [2.45, 2.75) is 25.3 Å². The van der Waals surface area contributed by atoms with Crippen LogP contribution in [0.2, 0.25) is 0 Å². The molecule has 1 heterocycles. The van der Waals surface area contributed by atoms with Crippen molar-refractivity contribution in [3.8, 4) is 0 Å². The first kappa shape index (κ1) is 12.3. The van der Waals surface area contributed by atoms with Gasteiger partial charge in [0.2, 0.25) is 0 Å². The Labute approximate surface area is 87.9 Å². The van der Waals surface area contributed by atoms with Gasteiger partial charge in [-0.25, -0.2) is 0 Å². The summed E-state index contributed by atoms with van der Waals surface area (Å²) in [5.74, 6) is 0.0191. The van der Waals surface area contributed by atoms with E-state index >= 15 is 0 Å². The van der Waals surface area contributed by atoms with Gasteiger partial charge < -0.3 is 15.4 Å². The van der Waals surface area contributed by atoms with Gasteiger partial charge in [-0.3, -0.25) is 0 Å². The van der Waals surface area contributed by atoms with Gasteiger partial charge in [0.05, 0.1) is 0 Å². The van der Waals surface area contributed by atoms with Crippen molar-refractivity contribution in [3.05, 3.63) is 5.73 Å². The summed E-state index contributed by atoms with van der Waals surface area (Å²) in [5, 5.41) is 0. The predicted molar refractivity (Wildman–Crippen MR) is 44.5 cm³/mol. The first-order valence-corrected chi connectivity index (χ1v) is 3.99. The zero-order valence-electron chi connectivity index (χ0n) is 7.59. The van der Waals surface area contributed by atoms with Crippen molar-refractivity contribution in [2.75, 3.05) is 20.1 Å². The standard InChI is InChI=1S/C8H15N2O.W/c1-7(11)8(9)3-5-10(2)6-4-8;/h9H,3-6H2,1-2H3;/q-1;. The molecule has 3 nitrogen and oxygen atoms in total. The van der Waals surface area contributed by atoms with Crippen LogP contribution in [0.4, 0.5) is 0 Å². The van der Waals surface area contributed by atoms with Crippen molar-refractivity contribution in [1.29, 1.82) is 0 Å². The minimum atomic E-state index is -0.771. The minimum absolute atomic E-state index is 0. The van der Waals surface area contributed by atoms with Gasteiger partial charge in [0.1, 0.15) is 5.78 Å². The van der Waals surface area contributed by atoms with E-state index in [2.05, 4.69) is 4.90 Å². The number of rotatable bonds is 1. The molecule has 0 bridgehead atoms. The second-order valence-electron chi connectivity index (χ2n) is 3.44. The molecule has 0 spiro atoms. The average molecular weight is 339 g/mol. The molecular weight excluding hydrogens is 324 g/mol. The maximum Gasteiger partial charge on any atom is 0.115 e. The van der Waals surface area contributed by atoms with Crippen LogP contribution in [0, 0.1) is 0 Å². The molecule has 0 aromatic rings. The molecule has 4 heteroatoms. The third kappa shape index (κ3) is 2.65. The molecule has 1 fully saturated rings. The summed E-state index contributed by atoms with van der Waals surface area (Å²) in [7, 11) is 2.03. The number of likely N-dealkylation sites (tertiary alicyclic amines) is 1. The molecule has 70 valence electrons. The van der Waals surface area contributed by atoms with Crippen LogP contribution < -0.4 is 0 Å². The average Bonchev–Trinajstić information content (AvgIpc) is 1.95. The molecule has 0 amide bonds. The molecule has 0 atom stereocenters. The number of hydrogen-bond acceptors (Lipinski definition) is 2. The Kier molecular flexibility index (Phi) is 4.60. The van der Waals surface area contributed by atoms with Gasteiger partial charge in [0, 0.05) is 21.1 Å². The van der Waals surface area contributed by atoms with E-state index < -0.39 is 5.54 Å². The maximum atomic E-state index is 11.0. The zero-order chi connectivity index (χ0) is 8.48. The Balaban J connectivity index is 0.00000121. The number of ketones is 1. The van der Waals surface area contributed by atoms with Crippen molar-refractivity contribution in [1.82, 2.24) is 4.90 Å². The van der Waals surface area contributed by atoms with Crippen molar-refractivity contribution >= 4 is 5.78 Å². The number of hydrogen-bond donors (Lipinski definition) is 0. The Bertz CT molecular complexity index is 164. The maximum absolute atomic E-state index is 11.0.